The van der Waals surface area contributed by atoms with E-state index in [2.05, 4.69) is 84.3 Å². The highest BCUT2D eigenvalue weighted by Crippen LogP contribution is 2.49. The second kappa shape index (κ2) is 16.0. The molecule has 0 amide bonds. The Morgan fingerprint density at radius 3 is 1.32 bits per heavy atom. The first-order chi connectivity index (χ1) is 21.7. The molecule has 2 heterocycles. The zero-order valence-corrected chi connectivity index (χ0v) is 27.5. The molecule has 0 aliphatic carbocycles. The van der Waals surface area contributed by atoms with Gasteiger partial charge in [0.25, 0.3) is 0 Å². The Hall–Kier alpha value is -3.48. The molecule has 0 spiro atoms. The van der Waals surface area contributed by atoms with Crippen molar-refractivity contribution in [2.45, 2.75) is 84.8 Å². The normalized spacial score (nSPS) is 12.7. The SMILES string of the molecule is CCCCCCN1c2ccccc2Sc2cc(C=O)ccc21.CCCCCCN1c2ccccc2Sc2cc(C=O)ccc21. The molecule has 2 aliphatic heterocycles. The van der Waals surface area contributed by atoms with Gasteiger partial charge in [0.2, 0.25) is 0 Å². The number of hydrogen-bond acceptors (Lipinski definition) is 6. The number of fused-ring (bicyclic) bond motifs is 4. The highest BCUT2D eigenvalue weighted by molar-refractivity contribution is 8.00. The van der Waals surface area contributed by atoms with Gasteiger partial charge in [0.05, 0.1) is 22.7 Å². The van der Waals surface area contributed by atoms with Crippen LogP contribution in [0.5, 0.6) is 0 Å². The van der Waals surface area contributed by atoms with E-state index in [0.717, 1.165) is 36.8 Å². The van der Waals surface area contributed by atoms with E-state index in [-0.39, 0.29) is 0 Å². The Balaban J connectivity index is 0.000000175. The molecule has 6 heteroatoms. The van der Waals surface area contributed by atoms with Crippen molar-refractivity contribution in [1.82, 2.24) is 0 Å². The highest BCUT2D eigenvalue weighted by atomic mass is 32.2. The molecule has 0 fully saturated rings. The molecule has 0 unspecified atom stereocenters. The maximum Gasteiger partial charge on any atom is 0.150 e. The maximum absolute atomic E-state index is 11.0. The number of nitrogens with zero attached hydrogens (tertiary/aromatic N) is 2. The second-order valence-electron chi connectivity index (χ2n) is 11.3. The fourth-order valence-electron chi connectivity index (χ4n) is 5.72. The van der Waals surface area contributed by atoms with Gasteiger partial charge in [-0.05, 0) is 73.5 Å². The molecule has 44 heavy (non-hydrogen) atoms. The Bertz CT molecular complexity index is 1450. The van der Waals surface area contributed by atoms with Crippen LogP contribution in [0.3, 0.4) is 0 Å². The van der Waals surface area contributed by atoms with Gasteiger partial charge in [-0.3, -0.25) is 9.59 Å². The minimum atomic E-state index is 0.747. The molecule has 4 nitrogen and oxygen atoms in total. The summed E-state index contributed by atoms with van der Waals surface area (Å²) in [7, 11) is 0. The van der Waals surface area contributed by atoms with Crippen LogP contribution in [0.1, 0.15) is 85.9 Å². The van der Waals surface area contributed by atoms with Gasteiger partial charge in [0, 0.05) is 43.8 Å². The van der Waals surface area contributed by atoms with Crippen LogP contribution >= 0.6 is 23.5 Å². The zero-order chi connectivity index (χ0) is 30.7. The van der Waals surface area contributed by atoms with E-state index in [0.29, 0.717) is 0 Å². The monoisotopic (exact) mass is 622 g/mol. The van der Waals surface area contributed by atoms with Crippen molar-refractivity contribution < 1.29 is 9.59 Å². The van der Waals surface area contributed by atoms with Crippen LogP contribution in [0.4, 0.5) is 22.7 Å². The standard InChI is InChI=1S/2C19H21NOS/c2*1-2-3-4-7-12-20-16-8-5-6-9-18(16)22-19-13-15(14-21)10-11-17(19)20/h2*5-6,8-11,13-14H,2-4,7,12H2,1H3. The number of benzene rings is 4. The average Bonchev–Trinajstić information content (AvgIpc) is 3.07. The van der Waals surface area contributed by atoms with Crippen molar-refractivity contribution in [3.05, 3.63) is 96.1 Å². The topological polar surface area (TPSA) is 40.6 Å². The van der Waals surface area contributed by atoms with Gasteiger partial charge < -0.3 is 9.80 Å². The number of aldehydes is 2. The maximum atomic E-state index is 11.0. The van der Waals surface area contributed by atoms with Crippen molar-refractivity contribution in [2.24, 2.45) is 0 Å². The number of rotatable bonds is 12. The molecule has 0 N–H and O–H groups in total. The summed E-state index contributed by atoms with van der Waals surface area (Å²) in [6.07, 6.45) is 11.9. The van der Waals surface area contributed by atoms with Gasteiger partial charge >= 0.3 is 0 Å². The lowest BCUT2D eigenvalue weighted by molar-refractivity contribution is 0.111. The first-order valence-corrected chi connectivity index (χ1v) is 17.6. The van der Waals surface area contributed by atoms with Crippen LogP contribution < -0.4 is 9.80 Å². The van der Waals surface area contributed by atoms with E-state index in [1.54, 1.807) is 23.5 Å². The molecule has 228 valence electrons. The molecule has 6 rings (SSSR count). The zero-order valence-electron chi connectivity index (χ0n) is 25.8. The van der Waals surface area contributed by atoms with Gasteiger partial charge in [0.1, 0.15) is 12.6 Å². The fraction of sp³-hybridized carbons (Fsp3) is 0.316. The van der Waals surface area contributed by atoms with E-state index in [1.807, 2.05) is 24.3 Å². The second-order valence-corrected chi connectivity index (χ2v) is 13.4. The number of hydrogen-bond donors (Lipinski definition) is 0. The van der Waals surface area contributed by atoms with Crippen molar-refractivity contribution in [1.29, 1.82) is 0 Å². The van der Waals surface area contributed by atoms with Crippen LogP contribution in [-0.2, 0) is 0 Å². The summed E-state index contributed by atoms with van der Waals surface area (Å²) in [4.78, 5) is 31.8. The summed E-state index contributed by atoms with van der Waals surface area (Å²) in [6, 6.07) is 29.1. The van der Waals surface area contributed by atoms with Gasteiger partial charge in [-0.1, -0.05) is 100 Å². The largest absolute Gasteiger partial charge is 0.340 e. The molecule has 2 aliphatic rings. The first kappa shape index (κ1) is 31.9. The van der Waals surface area contributed by atoms with Crippen molar-refractivity contribution in [3.8, 4) is 0 Å². The van der Waals surface area contributed by atoms with E-state index in [9.17, 15) is 9.59 Å². The summed E-state index contributed by atoms with van der Waals surface area (Å²) in [5.74, 6) is 0. The van der Waals surface area contributed by atoms with E-state index >= 15 is 0 Å². The molecule has 4 aromatic rings. The molecule has 0 atom stereocenters. The van der Waals surface area contributed by atoms with Crippen molar-refractivity contribution in [3.63, 3.8) is 0 Å². The molecule has 0 bridgehead atoms. The van der Waals surface area contributed by atoms with E-state index < -0.39 is 0 Å². The molecule has 0 radical (unpaired) electrons. The average molecular weight is 623 g/mol. The molecular formula is C38H42N2O2S2. The van der Waals surface area contributed by atoms with Gasteiger partial charge in [-0.2, -0.15) is 0 Å². The predicted molar refractivity (Wildman–Crippen MR) is 187 cm³/mol. The summed E-state index contributed by atoms with van der Waals surface area (Å²) in [5, 5.41) is 0. The van der Waals surface area contributed by atoms with Gasteiger partial charge in [0.15, 0.2) is 0 Å². The predicted octanol–water partition coefficient (Wildman–Crippen LogP) is 11.4. The fourth-order valence-corrected chi connectivity index (χ4v) is 8.01. The van der Waals surface area contributed by atoms with Gasteiger partial charge in [-0.15, -0.1) is 0 Å². The van der Waals surface area contributed by atoms with Crippen LogP contribution in [0, 0.1) is 0 Å². The van der Waals surface area contributed by atoms with Crippen LogP contribution in [0.15, 0.2) is 105 Å². The molecule has 0 saturated heterocycles. The summed E-state index contributed by atoms with van der Waals surface area (Å²) in [6.45, 7) is 6.54. The number of carbonyl (C=O) groups excluding carboxylic acids is 2. The third kappa shape index (κ3) is 7.59. The highest BCUT2D eigenvalue weighted by Gasteiger charge is 2.24. The molecule has 0 saturated carbocycles. The van der Waals surface area contributed by atoms with E-state index in [4.69, 9.17) is 0 Å². The quantitative estimate of drug-likeness (QED) is 0.116. The first-order valence-electron chi connectivity index (χ1n) is 15.9. The lowest BCUT2D eigenvalue weighted by Crippen LogP contribution is -2.22. The number of carbonyl (C=O) groups is 2. The Morgan fingerprint density at radius 1 is 0.500 bits per heavy atom. The minimum Gasteiger partial charge on any atom is -0.340 e. The van der Waals surface area contributed by atoms with Crippen LogP contribution in [0.25, 0.3) is 0 Å². The summed E-state index contributed by atoms with van der Waals surface area (Å²) < 4.78 is 0. The minimum absolute atomic E-state index is 0.747. The Labute approximate surface area is 271 Å². The Kier molecular flexibility index (Phi) is 11.6. The molecule has 0 aromatic heterocycles. The summed E-state index contributed by atoms with van der Waals surface area (Å²) >= 11 is 3.52. The van der Waals surface area contributed by atoms with Crippen LogP contribution in [0.2, 0.25) is 0 Å². The Morgan fingerprint density at radius 2 is 0.909 bits per heavy atom. The number of anilines is 4. The third-order valence-corrected chi connectivity index (χ3v) is 10.3. The third-order valence-electron chi connectivity index (χ3n) is 8.04. The number of para-hydroxylation sites is 2. The van der Waals surface area contributed by atoms with E-state index in [1.165, 1.54) is 93.7 Å². The molecule has 4 aromatic carbocycles. The summed E-state index contributed by atoms with van der Waals surface area (Å²) in [5.41, 5.74) is 6.52. The smallest absolute Gasteiger partial charge is 0.150 e. The van der Waals surface area contributed by atoms with Crippen LogP contribution in [-0.4, -0.2) is 25.7 Å². The lowest BCUT2D eigenvalue weighted by Gasteiger charge is -2.33. The lowest BCUT2D eigenvalue weighted by atomic mass is 10.1. The van der Waals surface area contributed by atoms with Crippen molar-refractivity contribution >= 4 is 58.8 Å². The van der Waals surface area contributed by atoms with Gasteiger partial charge in [-0.25, -0.2) is 0 Å². The van der Waals surface area contributed by atoms with Crippen molar-refractivity contribution in [2.75, 3.05) is 22.9 Å². The number of unbranched alkanes of at least 4 members (excludes halogenated alkanes) is 6. The molecular weight excluding hydrogens is 581 g/mol.